The Hall–Kier alpha value is -1.18. The first kappa shape index (κ1) is 7.47. The van der Waals surface area contributed by atoms with E-state index >= 15 is 0 Å². The van der Waals surface area contributed by atoms with E-state index in [4.69, 9.17) is 0 Å². The Morgan fingerprint density at radius 3 is 3.08 bits per heavy atom. The molecule has 1 atom stereocenters. The second-order valence-corrected chi connectivity index (χ2v) is 3.08. The van der Waals surface area contributed by atoms with E-state index in [-0.39, 0.29) is 0 Å². The first-order valence-electron chi connectivity index (χ1n) is 4.34. The van der Waals surface area contributed by atoms with Gasteiger partial charge in [-0.15, -0.1) is 0 Å². The average molecular weight is 160 g/mol. The second-order valence-electron chi connectivity index (χ2n) is 3.08. The minimum atomic E-state index is 0.507. The van der Waals surface area contributed by atoms with Crippen molar-refractivity contribution in [1.29, 1.82) is 0 Å². The van der Waals surface area contributed by atoms with Crippen LogP contribution in [0.5, 0.6) is 0 Å². The van der Waals surface area contributed by atoms with Crippen molar-refractivity contribution < 1.29 is 0 Å². The zero-order valence-electron chi connectivity index (χ0n) is 6.98. The summed E-state index contributed by atoms with van der Waals surface area (Å²) in [6.45, 7) is 0.901. The van der Waals surface area contributed by atoms with Crippen molar-refractivity contribution >= 4 is 12.4 Å². The van der Waals surface area contributed by atoms with Crippen LogP contribution < -0.4 is 0 Å². The highest BCUT2D eigenvalue weighted by Gasteiger charge is 2.12. The molecular formula is C10H12N2. The summed E-state index contributed by atoms with van der Waals surface area (Å²) >= 11 is 0. The zero-order valence-corrected chi connectivity index (χ0v) is 6.98. The summed E-state index contributed by atoms with van der Waals surface area (Å²) in [5.74, 6) is 0.507. The third kappa shape index (κ3) is 1.52. The molecule has 2 rings (SSSR count). The molecule has 0 bridgehead atoms. The molecule has 1 unspecified atom stereocenters. The molecule has 0 aliphatic carbocycles. The molecule has 0 aromatic rings. The fourth-order valence-corrected chi connectivity index (χ4v) is 1.52. The van der Waals surface area contributed by atoms with Crippen molar-refractivity contribution in [2.24, 2.45) is 15.9 Å². The van der Waals surface area contributed by atoms with Gasteiger partial charge in [0.15, 0.2) is 0 Å². The van der Waals surface area contributed by atoms with Gasteiger partial charge in [0.1, 0.15) is 0 Å². The van der Waals surface area contributed by atoms with Crippen LogP contribution in [-0.2, 0) is 0 Å². The highest BCUT2D eigenvalue weighted by molar-refractivity contribution is 5.72. The van der Waals surface area contributed by atoms with Gasteiger partial charge in [-0.3, -0.25) is 9.98 Å². The Labute approximate surface area is 72.4 Å². The SMILES string of the molecule is C1=CC(C2=CN=CCC2)CN=C1. The summed E-state index contributed by atoms with van der Waals surface area (Å²) in [6.07, 6.45) is 12.3. The summed E-state index contributed by atoms with van der Waals surface area (Å²) in [5.41, 5.74) is 1.42. The van der Waals surface area contributed by atoms with Crippen molar-refractivity contribution in [3.8, 4) is 0 Å². The van der Waals surface area contributed by atoms with E-state index in [0.29, 0.717) is 5.92 Å². The first-order chi connectivity index (χ1) is 5.97. The lowest BCUT2D eigenvalue weighted by Crippen LogP contribution is -2.09. The topological polar surface area (TPSA) is 24.7 Å². The van der Waals surface area contributed by atoms with Gasteiger partial charge in [0, 0.05) is 31.1 Å². The number of aliphatic imine (C=N–C) groups is 2. The standard InChI is InChI=1S/C10H12N2/c1-3-9(7-11-5-1)10-4-2-6-12-8-10/h1,3,5-6,8-9H,2,4,7H2. The lowest BCUT2D eigenvalue weighted by atomic mass is 9.93. The van der Waals surface area contributed by atoms with Crippen LogP contribution in [0.1, 0.15) is 12.8 Å². The lowest BCUT2D eigenvalue weighted by Gasteiger charge is -2.17. The number of dihydropyridines is 1. The summed E-state index contributed by atoms with van der Waals surface area (Å²) < 4.78 is 0. The molecule has 2 aliphatic rings. The minimum Gasteiger partial charge on any atom is -0.292 e. The second kappa shape index (κ2) is 3.48. The molecular weight excluding hydrogens is 148 g/mol. The normalized spacial score (nSPS) is 27.3. The van der Waals surface area contributed by atoms with Gasteiger partial charge in [0.25, 0.3) is 0 Å². The van der Waals surface area contributed by atoms with E-state index in [0.717, 1.165) is 19.4 Å². The maximum atomic E-state index is 4.23. The largest absolute Gasteiger partial charge is 0.292 e. The maximum absolute atomic E-state index is 4.23. The first-order valence-corrected chi connectivity index (χ1v) is 4.34. The molecule has 2 heterocycles. The Bertz CT molecular complexity index is 272. The molecule has 0 aromatic heterocycles. The predicted octanol–water partition coefficient (Wildman–Crippen LogP) is 1.99. The van der Waals surface area contributed by atoms with Crippen LogP contribution in [0.3, 0.4) is 0 Å². The smallest absolute Gasteiger partial charge is 0.0490 e. The van der Waals surface area contributed by atoms with Gasteiger partial charge in [-0.1, -0.05) is 6.08 Å². The highest BCUT2D eigenvalue weighted by Crippen LogP contribution is 2.21. The summed E-state index contributed by atoms with van der Waals surface area (Å²) in [5, 5.41) is 0. The molecule has 62 valence electrons. The molecule has 0 amide bonds. The molecule has 0 saturated carbocycles. The van der Waals surface area contributed by atoms with Crippen LogP contribution in [0.2, 0.25) is 0 Å². The van der Waals surface area contributed by atoms with Crippen LogP contribution in [0.15, 0.2) is 33.9 Å². The molecule has 2 nitrogen and oxygen atoms in total. The maximum Gasteiger partial charge on any atom is 0.0490 e. The van der Waals surface area contributed by atoms with Crippen molar-refractivity contribution in [3.63, 3.8) is 0 Å². The van der Waals surface area contributed by atoms with Crippen molar-refractivity contribution in [2.75, 3.05) is 6.54 Å². The highest BCUT2D eigenvalue weighted by atomic mass is 14.7. The summed E-state index contributed by atoms with van der Waals surface area (Å²) in [7, 11) is 0. The van der Waals surface area contributed by atoms with Gasteiger partial charge in [-0.2, -0.15) is 0 Å². The molecule has 0 spiro atoms. The van der Waals surface area contributed by atoms with Gasteiger partial charge in [0.05, 0.1) is 0 Å². The van der Waals surface area contributed by atoms with E-state index in [2.05, 4.69) is 16.1 Å². The number of nitrogens with zero attached hydrogens (tertiary/aromatic N) is 2. The third-order valence-electron chi connectivity index (χ3n) is 2.22. The Morgan fingerprint density at radius 2 is 2.42 bits per heavy atom. The minimum absolute atomic E-state index is 0.507. The lowest BCUT2D eigenvalue weighted by molar-refractivity contribution is 0.716. The molecule has 12 heavy (non-hydrogen) atoms. The van der Waals surface area contributed by atoms with E-state index in [1.807, 2.05) is 24.7 Å². The number of rotatable bonds is 1. The Kier molecular flexibility index (Phi) is 2.16. The van der Waals surface area contributed by atoms with E-state index in [9.17, 15) is 0 Å². The Morgan fingerprint density at radius 1 is 1.42 bits per heavy atom. The molecule has 0 fully saturated rings. The molecule has 2 aliphatic heterocycles. The van der Waals surface area contributed by atoms with Crippen LogP contribution in [0.25, 0.3) is 0 Å². The van der Waals surface area contributed by atoms with Crippen LogP contribution in [0, 0.1) is 5.92 Å². The molecule has 2 heteroatoms. The number of hydrogen-bond acceptors (Lipinski definition) is 2. The van der Waals surface area contributed by atoms with Gasteiger partial charge >= 0.3 is 0 Å². The van der Waals surface area contributed by atoms with Gasteiger partial charge in [0.2, 0.25) is 0 Å². The predicted molar refractivity (Wildman–Crippen MR) is 51.8 cm³/mol. The number of allylic oxidation sites excluding steroid dienone is 1. The van der Waals surface area contributed by atoms with Gasteiger partial charge in [-0.25, -0.2) is 0 Å². The summed E-state index contributed by atoms with van der Waals surface area (Å²) in [4.78, 5) is 8.39. The molecule has 0 saturated heterocycles. The zero-order chi connectivity index (χ0) is 8.23. The molecule has 0 radical (unpaired) electrons. The van der Waals surface area contributed by atoms with Crippen molar-refractivity contribution in [3.05, 3.63) is 23.9 Å². The number of hydrogen-bond donors (Lipinski definition) is 0. The van der Waals surface area contributed by atoms with E-state index in [1.165, 1.54) is 5.57 Å². The fraction of sp³-hybridized carbons (Fsp3) is 0.400. The quantitative estimate of drug-likeness (QED) is 0.560. The average Bonchev–Trinajstić information content (AvgIpc) is 2.21. The third-order valence-corrected chi connectivity index (χ3v) is 2.22. The van der Waals surface area contributed by atoms with Gasteiger partial charge in [-0.05, 0) is 24.5 Å². The van der Waals surface area contributed by atoms with Crippen LogP contribution in [0.4, 0.5) is 0 Å². The van der Waals surface area contributed by atoms with Gasteiger partial charge < -0.3 is 0 Å². The van der Waals surface area contributed by atoms with Crippen LogP contribution >= 0.6 is 0 Å². The van der Waals surface area contributed by atoms with E-state index in [1.54, 1.807) is 0 Å². The van der Waals surface area contributed by atoms with Crippen molar-refractivity contribution in [1.82, 2.24) is 0 Å². The molecule has 0 N–H and O–H groups in total. The van der Waals surface area contributed by atoms with E-state index < -0.39 is 0 Å². The fourth-order valence-electron chi connectivity index (χ4n) is 1.52. The van der Waals surface area contributed by atoms with Crippen molar-refractivity contribution in [2.45, 2.75) is 12.8 Å². The Balaban J connectivity index is 2.09. The van der Waals surface area contributed by atoms with Crippen LogP contribution in [-0.4, -0.2) is 19.0 Å². The molecule has 0 aromatic carbocycles. The monoisotopic (exact) mass is 160 g/mol. The summed E-state index contributed by atoms with van der Waals surface area (Å²) in [6, 6.07) is 0.